The number of amidine groups is 1. The van der Waals surface area contributed by atoms with Crippen molar-refractivity contribution >= 4 is 11.8 Å². The predicted octanol–water partition coefficient (Wildman–Crippen LogP) is 2.31. The van der Waals surface area contributed by atoms with Gasteiger partial charge in [-0.25, -0.2) is 0 Å². The minimum atomic E-state index is -0.0760. The van der Waals surface area contributed by atoms with Crippen LogP contribution in [0.15, 0.2) is 59.1 Å². The molecule has 1 aromatic rings. The summed E-state index contributed by atoms with van der Waals surface area (Å²) < 4.78 is 0. The number of rotatable bonds is 1. The Bertz CT molecular complexity index is 598. The molecule has 2 aliphatic rings. The standard InChI is InChI=1S/C16H18N4/c17-16(18)20-14-10-9-12-7-4-8-13(15(12)19-14)11-5-2-1-3-6-11/h1-3,5-7,9-10,13,15H,4,8H2,(H4,17,18,19,20). The first-order chi connectivity index (χ1) is 9.74. The number of guanidine groups is 1. The molecule has 102 valence electrons. The second kappa shape index (κ2) is 5.33. The number of allylic oxidation sites excluding steroid dienone is 1. The second-order valence-corrected chi connectivity index (χ2v) is 5.13. The Morgan fingerprint density at radius 2 is 2.05 bits per heavy atom. The Kier molecular flexibility index (Phi) is 3.37. The summed E-state index contributed by atoms with van der Waals surface area (Å²) in [6.07, 6.45) is 8.41. The lowest BCUT2D eigenvalue weighted by Crippen LogP contribution is -2.38. The Hall–Kier alpha value is -2.36. The quantitative estimate of drug-likeness (QED) is 0.539. The van der Waals surface area contributed by atoms with Crippen LogP contribution in [0, 0.1) is 5.41 Å². The molecule has 1 heterocycles. The second-order valence-electron chi connectivity index (χ2n) is 5.13. The molecule has 1 aromatic carbocycles. The molecular weight excluding hydrogens is 248 g/mol. The van der Waals surface area contributed by atoms with Gasteiger partial charge in [0, 0.05) is 5.92 Å². The fraction of sp³-hybridized carbons (Fsp3) is 0.250. The highest BCUT2D eigenvalue weighted by atomic mass is 15.1. The van der Waals surface area contributed by atoms with E-state index in [-0.39, 0.29) is 12.0 Å². The van der Waals surface area contributed by atoms with Crippen LogP contribution in [0.3, 0.4) is 0 Å². The van der Waals surface area contributed by atoms with E-state index in [1.54, 1.807) is 0 Å². The van der Waals surface area contributed by atoms with Gasteiger partial charge in [-0.1, -0.05) is 42.5 Å². The van der Waals surface area contributed by atoms with Crippen LogP contribution in [-0.4, -0.2) is 17.8 Å². The average Bonchev–Trinajstić information content (AvgIpc) is 2.47. The minimum Gasteiger partial charge on any atom is -0.370 e. The van der Waals surface area contributed by atoms with Gasteiger partial charge in [0.15, 0.2) is 5.96 Å². The lowest BCUT2D eigenvalue weighted by molar-refractivity contribution is 0.532. The van der Waals surface area contributed by atoms with E-state index in [1.165, 1.54) is 11.1 Å². The number of hydrogen-bond acceptors (Lipinski definition) is 2. The summed E-state index contributed by atoms with van der Waals surface area (Å²) in [5.41, 5.74) is 7.97. The Balaban J connectivity index is 1.91. The van der Waals surface area contributed by atoms with E-state index in [0.29, 0.717) is 11.8 Å². The van der Waals surface area contributed by atoms with E-state index < -0.39 is 0 Å². The highest BCUT2D eigenvalue weighted by Gasteiger charge is 2.29. The summed E-state index contributed by atoms with van der Waals surface area (Å²) in [5.74, 6) is 0.986. The molecule has 20 heavy (non-hydrogen) atoms. The molecule has 2 atom stereocenters. The van der Waals surface area contributed by atoms with E-state index in [1.807, 2.05) is 12.1 Å². The van der Waals surface area contributed by atoms with E-state index in [4.69, 9.17) is 16.1 Å². The normalized spacial score (nSPS) is 24.4. The van der Waals surface area contributed by atoms with Gasteiger partial charge in [0.05, 0.1) is 6.04 Å². The van der Waals surface area contributed by atoms with Crippen LogP contribution in [0.4, 0.5) is 0 Å². The number of nitrogens with one attached hydrogen (secondary N) is 2. The van der Waals surface area contributed by atoms with Crippen molar-refractivity contribution in [2.75, 3.05) is 0 Å². The fourth-order valence-electron chi connectivity index (χ4n) is 2.90. The van der Waals surface area contributed by atoms with Gasteiger partial charge in [-0.2, -0.15) is 0 Å². The van der Waals surface area contributed by atoms with Crippen molar-refractivity contribution in [1.29, 1.82) is 5.41 Å². The van der Waals surface area contributed by atoms with E-state index in [2.05, 4.69) is 41.7 Å². The third kappa shape index (κ3) is 2.50. The number of dihydropyridines is 1. The molecule has 0 aromatic heterocycles. The third-order valence-electron chi connectivity index (χ3n) is 3.78. The predicted molar refractivity (Wildman–Crippen MR) is 81.9 cm³/mol. The first-order valence-corrected chi connectivity index (χ1v) is 6.86. The van der Waals surface area contributed by atoms with Crippen molar-refractivity contribution in [2.45, 2.75) is 24.8 Å². The van der Waals surface area contributed by atoms with Crippen LogP contribution in [0.1, 0.15) is 24.3 Å². The monoisotopic (exact) mass is 266 g/mol. The number of nitrogens with zero attached hydrogens (tertiary/aromatic N) is 1. The molecule has 0 spiro atoms. The summed E-state index contributed by atoms with van der Waals surface area (Å²) in [7, 11) is 0. The largest absolute Gasteiger partial charge is 0.370 e. The molecular formula is C16H18N4. The molecule has 0 saturated carbocycles. The van der Waals surface area contributed by atoms with Gasteiger partial charge >= 0.3 is 0 Å². The van der Waals surface area contributed by atoms with Gasteiger partial charge < -0.3 is 11.1 Å². The van der Waals surface area contributed by atoms with E-state index in [9.17, 15) is 0 Å². The maximum Gasteiger partial charge on any atom is 0.191 e. The van der Waals surface area contributed by atoms with Crippen LogP contribution >= 0.6 is 0 Å². The maximum atomic E-state index is 7.31. The first kappa shape index (κ1) is 12.7. The summed E-state index contributed by atoms with van der Waals surface area (Å²) >= 11 is 0. The van der Waals surface area contributed by atoms with Crippen LogP contribution in [0.2, 0.25) is 0 Å². The van der Waals surface area contributed by atoms with Crippen molar-refractivity contribution in [3.05, 3.63) is 59.7 Å². The van der Waals surface area contributed by atoms with Crippen molar-refractivity contribution in [2.24, 2.45) is 10.7 Å². The van der Waals surface area contributed by atoms with Crippen molar-refractivity contribution in [3.8, 4) is 0 Å². The lowest BCUT2D eigenvalue weighted by atomic mass is 9.79. The van der Waals surface area contributed by atoms with E-state index >= 15 is 0 Å². The number of benzene rings is 1. The van der Waals surface area contributed by atoms with Crippen LogP contribution in [0.25, 0.3) is 0 Å². The maximum absolute atomic E-state index is 7.31. The van der Waals surface area contributed by atoms with Gasteiger partial charge in [-0.15, -0.1) is 0 Å². The number of hydrogen-bond donors (Lipinski definition) is 3. The molecule has 2 unspecified atom stereocenters. The smallest absolute Gasteiger partial charge is 0.191 e. The van der Waals surface area contributed by atoms with Crippen LogP contribution in [0.5, 0.6) is 0 Å². The summed E-state index contributed by atoms with van der Waals surface area (Å²) in [4.78, 5) is 4.73. The molecule has 1 aliphatic carbocycles. The SMILES string of the molecule is N=C(N)NC1=NC2C(=CCCC2c2ccccc2)C=C1. The number of fused-ring (bicyclic) bond motifs is 1. The first-order valence-electron chi connectivity index (χ1n) is 6.86. The van der Waals surface area contributed by atoms with Gasteiger partial charge in [0.25, 0.3) is 0 Å². The highest BCUT2D eigenvalue weighted by molar-refractivity contribution is 6.05. The molecule has 0 radical (unpaired) electrons. The van der Waals surface area contributed by atoms with E-state index in [0.717, 1.165) is 12.8 Å². The molecule has 4 heteroatoms. The lowest BCUT2D eigenvalue weighted by Gasteiger charge is -2.31. The Morgan fingerprint density at radius 3 is 2.80 bits per heavy atom. The van der Waals surface area contributed by atoms with Gasteiger partial charge in [0.2, 0.25) is 0 Å². The van der Waals surface area contributed by atoms with Crippen molar-refractivity contribution < 1.29 is 0 Å². The number of aliphatic imine (C=N–C) groups is 1. The molecule has 1 aliphatic heterocycles. The zero-order chi connectivity index (χ0) is 13.9. The fourth-order valence-corrected chi connectivity index (χ4v) is 2.90. The number of nitrogens with two attached hydrogens (primary N) is 1. The highest BCUT2D eigenvalue weighted by Crippen LogP contribution is 2.37. The molecule has 0 saturated heterocycles. The zero-order valence-electron chi connectivity index (χ0n) is 11.2. The Morgan fingerprint density at radius 1 is 1.25 bits per heavy atom. The topological polar surface area (TPSA) is 74.3 Å². The molecule has 0 fully saturated rings. The average molecular weight is 266 g/mol. The summed E-state index contributed by atoms with van der Waals surface area (Å²) in [6, 6.07) is 10.6. The van der Waals surface area contributed by atoms with Crippen LogP contribution < -0.4 is 11.1 Å². The third-order valence-corrected chi connectivity index (χ3v) is 3.78. The van der Waals surface area contributed by atoms with Crippen LogP contribution in [-0.2, 0) is 0 Å². The van der Waals surface area contributed by atoms with Gasteiger partial charge in [-0.3, -0.25) is 10.4 Å². The molecule has 0 bridgehead atoms. The summed E-state index contributed by atoms with van der Waals surface area (Å²) in [6.45, 7) is 0. The molecule has 3 rings (SSSR count). The van der Waals surface area contributed by atoms with Gasteiger partial charge in [0.1, 0.15) is 5.84 Å². The van der Waals surface area contributed by atoms with Crippen molar-refractivity contribution in [3.63, 3.8) is 0 Å². The molecule has 0 amide bonds. The zero-order valence-corrected chi connectivity index (χ0v) is 11.2. The van der Waals surface area contributed by atoms with Gasteiger partial charge in [-0.05, 0) is 30.1 Å². The molecule has 4 N–H and O–H groups in total. The summed E-state index contributed by atoms with van der Waals surface area (Å²) in [5, 5.41) is 10.1. The minimum absolute atomic E-state index is 0.0760. The molecule has 4 nitrogen and oxygen atoms in total. The Labute approximate surface area is 118 Å². The van der Waals surface area contributed by atoms with Crippen molar-refractivity contribution in [1.82, 2.24) is 5.32 Å².